The Hall–Kier alpha value is -5.21. The Kier molecular flexibility index (Phi) is 11.9. The van der Waals surface area contributed by atoms with E-state index in [0.29, 0.717) is 47.8 Å². The molecule has 0 aliphatic carbocycles. The first-order valence-corrected chi connectivity index (χ1v) is 14.6. The van der Waals surface area contributed by atoms with E-state index in [9.17, 15) is 32.7 Å². The van der Waals surface area contributed by atoms with E-state index in [-0.39, 0.29) is 30.2 Å². The number of amides is 2. The summed E-state index contributed by atoms with van der Waals surface area (Å²) in [7, 11) is 0. The van der Waals surface area contributed by atoms with Crippen molar-refractivity contribution in [1.29, 1.82) is 0 Å². The van der Waals surface area contributed by atoms with Gasteiger partial charge in [-0.1, -0.05) is 36.4 Å². The number of aromatic nitrogens is 2. The van der Waals surface area contributed by atoms with Gasteiger partial charge in [0.2, 0.25) is 11.8 Å². The zero-order valence-corrected chi connectivity index (χ0v) is 26.2. The van der Waals surface area contributed by atoms with Crippen LogP contribution in [0, 0.1) is 6.92 Å². The number of fused-ring (bicyclic) bond motifs is 1. The number of carbonyl (C=O) groups excluding carboxylic acids is 2. The van der Waals surface area contributed by atoms with E-state index in [1.54, 1.807) is 36.1 Å². The first-order chi connectivity index (χ1) is 22.0. The van der Waals surface area contributed by atoms with Crippen LogP contribution in [-0.4, -0.2) is 73.7 Å². The highest BCUT2D eigenvalue weighted by Gasteiger charge is 2.43. The maximum Gasteiger partial charge on any atom is 0.490 e. The number of ether oxygens (including phenoxy) is 1. The van der Waals surface area contributed by atoms with Crippen molar-refractivity contribution in [3.8, 4) is 5.88 Å². The molecule has 0 bridgehead atoms. The maximum atomic E-state index is 14.2. The molecule has 15 heteroatoms. The summed E-state index contributed by atoms with van der Waals surface area (Å²) >= 11 is 0. The highest BCUT2D eigenvalue weighted by molar-refractivity contribution is 6.11. The summed E-state index contributed by atoms with van der Waals surface area (Å²) in [4.78, 5) is 60.1. The van der Waals surface area contributed by atoms with Crippen molar-refractivity contribution in [3.05, 3.63) is 77.0 Å². The third kappa shape index (κ3) is 9.40. The Morgan fingerprint density at radius 3 is 2.21 bits per heavy atom. The summed E-state index contributed by atoms with van der Waals surface area (Å²) in [6.45, 7) is 7.67. The molecule has 1 aromatic heterocycles. The number of carboxylic acids is 2. The van der Waals surface area contributed by atoms with Crippen molar-refractivity contribution in [2.45, 2.75) is 71.3 Å². The summed E-state index contributed by atoms with van der Waals surface area (Å²) < 4.78 is 37.5. The van der Waals surface area contributed by atoms with Gasteiger partial charge in [0, 0.05) is 23.8 Å². The van der Waals surface area contributed by atoms with Gasteiger partial charge in [-0.2, -0.15) is 18.2 Å². The molecule has 0 fully saturated rings. The van der Waals surface area contributed by atoms with E-state index in [1.165, 1.54) is 4.90 Å². The third-order valence-corrected chi connectivity index (χ3v) is 7.06. The van der Waals surface area contributed by atoms with E-state index in [0.717, 1.165) is 5.56 Å². The number of aryl methyl sites for hydroxylation is 2. The highest BCUT2D eigenvalue weighted by atomic mass is 19.4. The lowest BCUT2D eigenvalue weighted by Gasteiger charge is -2.36. The van der Waals surface area contributed by atoms with Gasteiger partial charge < -0.3 is 30.5 Å². The van der Waals surface area contributed by atoms with Gasteiger partial charge in [0.25, 0.3) is 11.8 Å². The van der Waals surface area contributed by atoms with Crippen molar-refractivity contribution >= 4 is 35.4 Å². The van der Waals surface area contributed by atoms with Crippen molar-refractivity contribution in [2.75, 3.05) is 17.2 Å². The van der Waals surface area contributed by atoms with Gasteiger partial charge in [0.15, 0.2) is 0 Å². The predicted molar refractivity (Wildman–Crippen MR) is 165 cm³/mol. The fourth-order valence-electron chi connectivity index (χ4n) is 5.11. The summed E-state index contributed by atoms with van der Waals surface area (Å²) in [5.41, 5.74) is 8.83. The van der Waals surface area contributed by atoms with Crippen LogP contribution in [0.1, 0.15) is 66.8 Å². The summed E-state index contributed by atoms with van der Waals surface area (Å²) in [5.74, 6) is -3.89. The number of nitrogens with two attached hydrogens (primary N) is 1. The molecule has 252 valence electrons. The van der Waals surface area contributed by atoms with Gasteiger partial charge >= 0.3 is 18.1 Å². The van der Waals surface area contributed by atoms with E-state index < -0.39 is 30.2 Å². The molecule has 3 aromatic rings. The van der Waals surface area contributed by atoms with Crippen LogP contribution in [0.2, 0.25) is 0 Å². The SMILES string of the molecule is Cc1cc(OCCCc2ccc3c(c2)C(=O)N(C(C)CC(=O)O)C(c2ccccc2)C(=O)N3C(C)C)nc(N)n1.O=C(O)C(F)(F)F. The van der Waals surface area contributed by atoms with Gasteiger partial charge in [-0.05, 0) is 63.8 Å². The Balaban J connectivity index is 0.000000771. The molecule has 0 saturated carbocycles. The second kappa shape index (κ2) is 15.4. The smallest absolute Gasteiger partial charge is 0.481 e. The molecule has 0 spiro atoms. The topological polar surface area (TPSA) is 176 Å². The lowest BCUT2D eigenvalue weighted by atomic mass is 10.00. The number of aliphatic carboxylic acids is 2. The Morgan fingerprint density at radius 1 is 1.02 bits per heavy atom. The molecule has 4 rings (SSSR count). The molecule has 1 aliphatic rings. The van der Waals surface area contributed by atoms with Crippen LogP contribution in [0.3, 0.4) is 0 Å². The maximum absolute atomic E-state index is 14.2. The van der Waals surface area contributed by atoms with E-state index in [1.807, 2.05) is 51.1 Å². The van der Waals surface area contributed by atoms with Gasteiger partial charge in [0.1, 0.15) is 6.04 Å². The van der Waals surface area contributed by atoms with Crippen LogP contribution in [0.4, 0.5) is 24.8 Å². The molecular weight excluding hydrogens is 623 g/mol. The van der Waals surface area contributed by atoms with Crippen molar-refractivity contribution in [2.24, 2.45) is 0 Å². The first kappa shape index (κ1) is 36.3. The number of alkyl halides is 3. The number of carbonyl (C=O) groups is 4. The molecule has 2 heterocycles. The molecule has 2 atom stereocenters. The molecule has 4 N–H and O–H groups in total. The second-order valence-corrected chi connectivity index (χ2v) is 11.1. The average molecular weight is 660 g/mol. The zero-order valence-electron chi connectivity index (χ0n) is 26.2. The minimum absolute atomic E-state index is 0.152. The van der Waals surface area contributed by atoms with Crippen molar-refractivity contribution < 1.29 is 47.3 Å². The Labute approximate surface area is 269 Å². The monoisotopic (exact) mass is 659 g/mol. The molecule has 0 radical (unpaired) electrons. The predicted octanol–water partition coefficient (Wildman–Crippen LogP) is 4.81. The molecule has 2 amide bonds. The largest absolute Gasteiger partial charge is 0.490 e. The van der Waals surface area contributed by atoms with Crippen molar-refractivity contribution in [1.82, 2.24) is 14.9 Å². The number of carboxylic acid groups (broad SMARTS) is 2. The standard InChI is InChI=1S/C30H35N5O5.C2HF3O2/c1-18(2)34-24-13-12-21(9-8-14-40-25-15-19(3)32-30(31)33-25)17-23(24)28(38)35(20(4)16-26(36)37)27(29(34)39)22-10-6-5-7-11-22;3-2(4,5)1(6)7/h5-7,10-13,15,17-18,20,27H,8-9,14,16H2,1-4H3,(H,36,37)(H2,31,32,33);(H,6,7). The van der Waals surface area contributed by atoms with Crippen LogP contribution in [0.15, 0.2) is 54.6 Å². The fourth-order valence-corrected chi connectivity index (χ4v) is 5.11. The zero-order chi connectivity index (χ0) is 35.1. The molecular formula is C32H36F3N5O7. The average Bonchev–Trinajstić information content (AvgIpc) is 3.06. The number of nitrogen functional groups attached to an aromatic ring is 1. The van der Waals surface area contributed by atoms with Crippen LogP contribution < -0.4 is 15.4 Å². The summed E-state index contributed by atoms with van der Waals surface area (Å²) in [6, 6.07) is 14.4. The van der Waals surface area contributed by atoms with E-state index in [2.05, 4.69) is 9.97 Å². The lowest BCUT2D eigenvalue weighted by molar-refractivity contribution is -0.192. The highest BCUT2D eigenvalue weighted by Crippen LogP contribution is 2.38. The van der Waals surface area contributed by atoms with Gasteiger partial charge in [0.05, 0.1) is 24.3 Å². The number of rotatable bonds is 10. The van der Waals surface area contributed by atoms with E-state index in [4.69, 9.17) is 20.4 Å². The second-order valence-electron chi connectivity index (χ2n) is 11.1. The minimum atomic E-state index is -5.08. The Bertz CT molecular complexity index is 1580. The number of benzene rings is 2. The molecule has 2 aromatic carbocycles. The lowest BCUT2D eigenvalue weighted by Crippen LogP contribution is -2.48. The number of halogens is 3. The van der Waals surface area contributed by atoms with E-state index >= 15 is 0 Å². The first-order valence-electron chi connectivity index (χ1n) is 14.6. The molecule has 1 aliphatic heterocycles. The third-order valence-electron chi connectivity index (χ3n) is 7.06. The number of hydrogen-bond acceptors (Lipinski definition) is 8. The number of nitrogens with zero attached hydrogens (tertiary/aromatic N) is 4. The molecule has 47 heavy (non-hydrogen) atoms. The minimum Gasteiger partial charge on any atom is -0.481 e. The summed E-state index contributed by atoms with van der Waals surface area (Å²) in [6.07, 6.45) is -4.11. The van der Waals surface area contributed by atoms with Gasteiger partial charge in [-0.15, -0.1) is 0 Å². The molecule has 0 saturated heterocycles. The number of hydrogen-bond donors (Lipinski definition) is 3. The van der Waals surface area contributed by atoms with Gasteiger partial charge in [-0.3, -0.25) is 14.4 Å². The quantitative estimate of drug-likeness (QED) is 0.256. The molecule has 12 nitrogen and oxygen atoms in total. The normalized spacial score (nSPS) is 15.4. The van der Waals surface area contributed by atoms with Crippen LogP contribution in [0.5, 0.6) is 5.88 Å². The fraction of sp³-hybridized carbons (Fsp3) is 0.375. The van der Waals surface area contributed by atoms with Crippen LogP contribution in [-0.2, 0) is 20.8 Å². The Morgan fingerprint density at radius 2 is 1.66 bits per heavy atom. The summed E-state index contributed by atoms with van der Waals surface area (Å²) in [5, 5.41) is 16.7. The van der Waals surface area contributed by atoms with Crippen molar-refractivity contribution in [3.63, 3.8) is 0 Å². The number of anilines is 2. The molecule has 2 unspecified atom stereocenters. The van der Waals surface area contributed by atoms with Crippen LogP contribution >= 0.6 is 0 Å². The van der Waals surface area contributed by atoms with Gasteiger partial charge in [-0.25, -0.2) is 9.78 Å². The van der Waals surface area contributed by atoms with Crippen LogP contribution in [0.25, 0.3) is 0 Å².